The summed E-state index contributed by atoms with van der Waals surface area (Å²) in [6, 6.07) is 10.4. The van der Waals surface area contributed by atoms with Crippen LogP contribution in [0.2, 0.25) is 0 Å². The van der Waals surface area contributed by atoms with Gasteiger partial charge in [-0.1, -0.05) is 6.58 Å². The van der Waals surface area contributed by atoms with Gasteiger partial charge in [-0.15, -0.1) is 0 Å². The van der Waals surface area contributed by atoms with Gasteiger partial charge in [0.1, 0.15) is 30.1 Å². The lowest BCUT2D eigenvalue weighted by Gasteiger charge is -2.13. The second-order valence-electron chi connectivity index (χ2n) is 7.24. The lowest BCUT2D eigenvalue weighted by atomic mass is 10.2. The quantitative estimate of drug-likeness (QED) is 0.116. The summed E-state index contributed by atoms with van der Waals surface area (Å²) >= 11 is 0. The van der Waals surface area contributed by atoms with Crippen molar-refractivity contribution in [2.45, 2.75) is 4.90 Å². The molecule has 0 radical (unpaired) electrons. The maximum absolute atomic E-state index is 12.8. The van der Waals surface area contributed by atoms with Gasteiger partial charge in [0.25, 0.3) is 5.91 Å². The van der Waals surface area contributed by atoms with E-state index < -0.39 is 23.8 Å². The smallest absolute Gasteiger partial charge is 0.255 e. The van der Waals surface area contributed by atoms with Crippen LogP contribution >= 0.6 is 8.03 Å². The Morgan fingerprint density at radius 2 is 1.83 bits per heavy atom. The molecule has 11 nitrogen and oxygen atoms in total. The molecule has 0 aliphatic carbocycles. The highest BCUT2D eigenvalue weighted by Gasteiger charge is 2.13. The number of nitrogens with two attached hydrogens (primary N) is 1. The van der Waals surface area contributed by atoms with Gasteiger partial charge in [-0.2, -0.15) is 0 Å². The maximum atomic E-state index is 12.8. The van der Waals surface area contributed by atoms with Crippen LogP contribution in [0.4, 0.5) is 0 Å². The molecule has 0 aliphatic heterocycles. The van der Waals surface area contributed by atoms with E-state index in [1.54, 1.807) is 6.07 Å². The number of nitrogens with one attached hydrogen (secondary N) is 1. The highest BCUT2D eigenvalue weighted by Crippen LogP contribution is 2.28. The van der Waals surface area contributed by atoms with Gasteiger partial charge in [0.15, 0.2) is 9.84 Å². The summed E-state index contributed by atoms with van der Waals surface area (Å²) < 4.78 is 50.6. The van der Waals surface area contributed by atoms with Crippen LogP contribution in [0.1, 0.15) is 10.4 Å². The molecule has 0 saturated carbocycles. The number of benzene rings is 2. The zero-order chi connectivity index (χ0) is 26.0. The number of hydrogen-bond acceptors (Lipinski definition) is 9. The van der Waals surface area contributed by atoms with E-state index in [1.165, 1.54) is 55.8 Å². The number of hydrogen-bond donors (Lipinski definition) is 3. The second kappa shape index (κ2) is 13.1. The minimum Gasteiger partial charge on any atom is -0.491 e. The number of amides is 1. The standard InChI is InChI=1S/C22H28N3O8PS/c1-16(8-9-25(23)15-34(27)28)24-22(26)17-12-19(32-11-10-31-2)14-20(13-17)33-18-4-6-21(7-5-18)35(3,29)30/h4-9,12-14,34H,1,10-11,15,23H2,2-3H3,(H,24,26)(H,27,28)/b9-8-. The number of nitrogens with zero attached hydrogens (tertiary/aromatic N) is 1. The molecule has 1 amide bonds. The highest BCUT2D eigenvalue weighted by atomic mass is 32.2. The van der Waals surface area contributed by atoms with Crippen molar-refractivity contribution >= 4 is 23.8 Å². The van der Waals surface area contributed by atoms with Crippen LogP contribution in [0.15, 0.2) is 71.9 Å². The largest absolute Gasteiger partial charge is 0.491 e. The molecular formula is C22H28N3O8PS. The van der Waals surface area contributed by atoms with E-state index in [0.29, 0.717) is 18.1 Å². The van der Waals surface area contributed by atoms with Crippen molar-refractivity contribution in [2.75, 3.05) is 32.9 Å². The Balaban J connectivity index is 2.21. The molecule has 0 saturated heterocycles. The zero-order valence-corrected chi connectivity index (χ0v) is 21.1. The van der Waals surface area contributed by atoms with Crippen molar-refractivity contribution in [3.05, 3.63) is 72.6 Å². The summed E-state index contributed by atoms with van der Waals surface area (Å²) in [5.74, 6) is 6.01. The summed E-state index contributed by atoms with van der Waals surface area (Å²) in [6.45, 7) is 4.28. The van der Waals surface area contributed by atoms with Crippen molar-refractivity contribution in [2.24, 2.45) is 5.84 Å². The summed E-state index contributed by atoms with van der Waals surface area (Å²) in [6.07, 6.45) is 3.55. The van der Waals surface area contributed by atoms with Crippen molar-refractivity contribution in [1.29, 1.82) is 0 Å². The van der Waals surface area contributed by atoms with E-state index in [2.05, 4.69) is 11.9 Å². The zero-order valence-electron chi connectivity index (χ0n) is 19.3. The molecule has 0 aromatic heterocycles. The maximum Gasteiger partial charge on any atom is 0.255 e. The average molecular weight is 526 g/mol. The first-order valence-electron chi connectivity index (χ1n) is 10.1. The van der Waals surface area contributed by atoms with Gasteiger partial charge in [0.2, 0.25) is 8.03 Å². The number of hydrazine groups is 1. The predicted octanol–water partition coefficient (Wildman–Crippen LogP) is 2.27. The van der Waals surface area contributed by atoms with Crippen LogP contribution in [0.25, 0.3) is 0 Å². The number of carbonyl (C=O) groups excluding carboxylic acids is 1. The lowest BCUT2D eigenvalue weighted by molar-refractivity contribution is 0.0966. The fraction of sp³-hybridized carbons (Fsp3) is 0.227. The first-order valence-corrected chi connectivity index (χ1v) is 13.6. The van der Waals surface area contributed by atoms with Crippen LogP contribution in [0, 0.1) is 0 Å². The van der Waals surface area contributed by atoms with E-state index >= 15 is 0 Å². The molecule has 0 aliphatic rings. The van der Waals surface area contributed by atoms with Crippen molar-refractivity contribution in [3.8, 4) is 17.2 Å². The monoisotopic (exact) mass is 525 g/mol. The van der Waals surface area contributed by atoms with E-state index in [0.717, 1.165) is 11.3 Å². The lowest BCUT2D eigenvalue weighted by Crippen LogP contribution is -2.25. The van der Waals surface area contributed by atoms with E-state index in [4.69, 9.17) is 24.9 Å². The summed E-state index contributed by atoms with van der Waals surface area (Å²) in [4.78, 5) is 21.8. The number of rotatable bonds is 13. The first-order chi connectivity index (χ1) is 16.5. The fourth-order valence-corrected chi connectivity index (χ4v) is 3.68. The van der Waals surface area contributed by atoms with Crippen LogP contribution < -0.4 is 20.6 Å². The van der Waals surface area contributed by atoms with Crippen LogP contribution in [0.3, 0.4) is 0 Å². The summed E-state index contributed by atoms with van der Waals surface area (Å²) in [5.41, 5.74) is 0.384. The van der Waals surface area contributed by atoms with Gasteiger partial charge in [-0.3, -0.25) is 9.36 Å². The molecule has 1 unspecified atom stereocenters. The van der Waals surface area contributed by atoms with E-state index in [9.17, 15) is 17.8 Å². The number of ether oxygens (including phenoxy) is 3. The fourth-order valence-electron chi connectivity index (χ4n) is 2.63. The minimum absolute atomic E-state index is 0.149. The number of methoxy groups -OCH3 is 1. The van der Waals surface area contributed by atoms with Gasteiger partial charge in [0.05, 0.1) is 11.5 Å². The van der Waals surface area contributed by atoms with Crippen molar-refractivity contribution in [3.63, 3.8) is 0 Å². The molecule has 2 aromatic carbocycles. The van der Waals surface area contributed by atoms with E-state index in [1.807, 2.05) is 0 Å². The van der Waals surface area contributed by atoms with Gasteiger partial charge in [-0.25, -0.2) is 14.3 Å². The molecule has 13 heteroatoms. The van der Waals surface area contributed by atoms with E-state index in [-0.39, 0.29) is 34.8 Å². The molecule has 0 spiro atoms. The van der Waals surface area contributed by atoms with Crippen LogP contribution in [-0.2, 0) is 19.1 Å². The Labute approximate surface area is 204 Å². The van der Waals surface area contributed by atoms with Crippen LogP contribution in [0.5, 0.6) is 17.2 Å². The molecule has 190 valence electrons. The molecule has 4 N–H and O–H groups in total. The van der Waals surface area contributed by atoms with Crippen LogP contribution in [-0.4, -0.2) is 57.1 Å². The Morgan fingerprint density at radius 3 is 2.43 bits per heavy atom. The number of sulfone groups is 1. The number of carbonyl (C=O) groups is 1. The third-order valence-electron chi connectivity index (χ3n) is 4.25. The molecule has 1 atom stereocenters. The Kier molecular flexibility index (Phi) is 10.5. The Hall–Kier alpha value is -3.15. The second-order valence-corrected chi connectivity index (χ2v) is 10.4. The molecule has 0 bridgehead atoms. The van der Waals surface area contributed by atoms with Gasteiger partial charge >= 0.3 is 0 Å². The molecule has 0 heterocycles. The summed E-state index contributed by atoms with van der Waals surface area (Å²) in [7, 11) is -4.60. The Bertz CT molecular complexity index is 1200. The van der Waals surface area contributed by atoms with Gasteiger partial charge < -0.3 is 29.4 Å². The van der Waals surface area contributed by atoms with Crippen molar-refractivity contribution in [1.82, 2.24) is 10.3 Å². The molecule has 0 fully saturated rings. The third kappa shape index (κ3) is 9.93. The van der Waals surface area contributed by atoms with Crippen molar-refractivity contribution < 1.29 is 36.9 Å². The molecular weight excluding hydrogens is 497 g/mol. The SMILES string of the molecule is C=C(/C=C\N(N)C[PH](=O)O)NC(=O)c1cc(OCCOC)cc(Oc2ccc(S(C)(=O)=O)cc2)c1. The topological polar surface area (TPSA) is 157 Å². The molecule has 35 heavy (non-hydrogen) atoms. The minimum atomic E-state index is -3.35. The molecule has 2 aromatic rings. The Morgan fingerprint density at radius 1 is 1.17 bits per heavy atom. The predicted molar refractivity (Wildman–Crippen MR) is 131 cm³/mol. The van der Waals surface area contributed by atoms with Gasteiger partial charge in [-0.05, 0) is 42.5 Å². The summed E-state index contributed by atoms with van der Waals surface area (Å²) in [5, 5.41) is 3.58. The van der Waals surface area contributed by atoms with Gasteiger partial charge in [0, 0.05) is 36.9 Å². The first kappa shape index (κ1) is 28.1. The third-order valence-corrected chi connectivity index (χ3v) is 6.01. The highest BCUT2D eigenvalue weighted by molar-refractivity contribution is 7.90. The molecule has 2 rings (SSSR count). The average Bonchev–Trinajstić information content (AvgIpc) is 2.77. The normalized spacial score (nSPS) is 12.2. The number of allylic oxidation sites excluding steroid dienone is 1.